The first-order chi connectivity index (χ1) is 26.3. The summed E-state index contributed by atoms with van der Waals surface area (Å²) in [5.41, 5.74) is -2.99. The lowest BCUT2D eigenvalue weighted by Gasteiger charge is -2.39. The highest BCUT2D eigenvalue weighted by Crippen LogP contribution is 2.57. The van der Waals surface area contributed by atoms with Gasteiger partial charge in [-0.15, -0.1) is 0 Å². The summed E-state index contributed by atoms with van der Waals surface area (Å²) in [6.45, 7) is 0. The van der Waals surface area contributed by atoms with Crippen LogP contribution in [0.15, 0.2) is 146 Å². The normalized spacial score (nSPS) is 11.4. The number of anilines is 6. The van der Waals surface area contributed by atoms with Crippen molar-refractivity contribution in [3.8, 4) is 24.3 Å². The van der Waals surface area contributed by atoms with E-state index < -0.39 is 28.9 Å². The highest BCUT2D eigenvalue weighted by atomic mass is 19.4. The number of hydrogen-bond acceptors (Lipinski definition) is 6. The first-order valence-corrected chi connectivity index (χ1v) is 16.3. The Bertz CT molecular complexity index is 2170. The van der Waals surface area contributed by atoms with Crippen molar-refractivity contribution < 1.29 is 26.3 Å². The molecule has 6 aromatic carbocycles. The first kappa shape index (κ1) is 37.2. The van der Waals surface area contributed by atoms with Crippen molar-refractivity contribution in [2.24, 2.45) is 0 Å². The number of rotatable bonds is 8. The fourth-order valence-corrected chi connectivity index (χ4v) is 6.34. The van der Waals surface area contributed by atoms with E-state index in [4.69, 9.17) is 0 Å². The van der Waals surface area contributed by atoms with Gasteiger partial charge in [-0.05, 0) is 132 Å². The quantitative estimate of drug-likeness (QED) is 0.144. The van der Waals surface area contributed by atoms with Gasteiger partial charge in [-0.2, -0.15) is 47.4 Å². The van der Waals surface area contributed by atoms with Gasteiger partial charge in [-0.25, -0.2) is 0 Å². The summed E-state index contributed by atoms with van der Waals surface area (Å²) in [4.78, 5) is 3.15. The molecule has 268 valence electrons. The van der Waals surface area contributed by atoms with Crippen LogP contribution in [-0.2, 0) is 5.41 Å². The molecule has 0 amide bonds. The van der Waals surface area contributed by atoms with E-state index in [0.717, 1.165) is 48.5 Å². The minimum atomic E-state index is -5.85. The lowest BCUT2D eigenvalue weighted by Crippen LogP contribution is -2.54. The van der Waals surface area contributed by atoms with E-state index in [2.05, 4.69) is 0 Å². The maximum Gasteiger partial charge on any atom is 0.411 e. The van der Waals surface area contributed by atoms with Gasteiger partial charge in [0.1, 0.15) is 0 Å². The third-order valence-electron chi connectivity index (χ3n) is 8.99. The number of alkyl halides is 6. The lowest BCUT2D eigenvalue weighted by atomic mass is 9.72. The number of benzene rings is 6. The van der Waals surface area contributed by atoms with Crippen molar-refractivity contribution in [1.82, 2.24) is 0 Å². The molecule has 0 bridgehead atoms. The maximum atomic E-state index is 15.3. The zero-order chi connectivity index (χ0) is 39.4. The number of halogens is 6. The molecule has 0 saturated carbocycles. The van der Waals surface area contributed by atoms with E-state index in [1.165, 1.54) is 48.5 Å². The Balaban J connectivity index is 1.47. The summed E-state index contributed by atoms with van der Waals surface area (Å²) >= 11 is 0. The van der Waals surface area contributed by atoms with Crippen LogP contribution in [0.4, 0.5) is 60.5 Å². The molecule has 0 aliphatic rings. The molecule has 55 heavy (non-hydrogen) atoms. The molecule has 6 nitrogen and oxygen atoms in total. The molecule has 0 unspecified atom stereocenters. The second-order valence-electron chi connectivity index (χ2n) is 12.1. The topological polar surface area (TPSA) is 102 Å². The average Bonchev–Trinajstić information content (AvgIpc) is 3.19. The molecular formula is C43H24F6N6. The largest absolute Gasteiger partial charge is 0.411 e. The van der Waals surface area contributed by atoms with Gasteiger partial charge in [0, 0.05) is 34.1 Å². The smallest absolute Gasteiger partial charge is 0.311 e. The summed E-state index contributed by atoms with van der Waals surface area (Å²) in [6, 6.07) is 40.6. The lowest BCUT2D eigenvalue weighted by molar-refractivity contribution is -0.288. The van der Waals surface area contributed by atoms with Crippen molar-refractivity contribution in [3.63, 3.8) is 0 Å². The van der Waals surface area contributed by atoms with Crippen LogP contribution < -0.4 is 9.80 Å². The highest BCUT2D eigenvalue weighted by Gasteiger charge is 2.72. The van der Waals surface area contributed by atoms with Gasteiger partial charge >= 0.3 is 12.4 Å². The van der Waals surface area contributed by atoms with Gasteiger partial charge < -0.3 is 9.80 Å². The Morgan fingerprint density at radius 2 is 0.491 bits per heavy atom. The standard InChI is InChI=1S/C43H24F6N6/c44-42(45,46)41(43(47,48)49,33-9-21-39(22-10-33)54(35-13-1-29(25-50)2-14-35)36-15-3-30(26-51)4-16-36)34-11-23-40(24-12-34)55(37-17-5-31(27-52)6-18-37)38-19-7-32(28-53)8-20-38/h1-24H. The van der Waals surface area contributed by atoms with Crippen molar-refractivity contribution in [2.75, 3.05) is 9.80 Å². The van der Waals surface area contributed by atoms with E-state index in [0.29, 0.717) is 45.0 Å². The van der Waals surface area contributed by atoms with Gasteiger partial charge in [-0.1, -0.05) is 24.3 Å². The van der Waals surface area contributed by atoms with Gasteiger partial charge in [0.05, 0.1) is 46.5 Å². The minimum absolute atomic E-state index is 0.215. The SMILES string of the molecule is N#Cc1ccc(N(c2ccc(C#N)cc2)c2ccc(C(c3ccc(N(c4ccc(C#N)cc4)c4ccc(C#N)cc4)cc3)(C(F)(F)F)C(F)(F)F)cc2)cc1. The molecule has 6 aromatic rings. The monoisotopic (exact) mass is 738 g/mol. The summed E-state index contributed by atoms with van der Waals surface area (Å²) in [5.74, 6) is 0. The van der Waals surface area contributed by atoms with Gasteiger partial charge in [0.15, 0.2) is 0 Å². The number of nitriles is 4. The summed E-state index contributed by atoms with van der Waals surface area (Å²) in [7, 11) is 0. The molecule has 12 heteroatoms. The van der Waals surface area contributed by atoms with Gasteiger partial charge in [0.25, 0.3) is 0 Å². The van der Waals surface area contributed by atoms with Crippen LogP contribution in [-0.4, -0.2) is 12.4 Å². The van der Waals surface area contributed by atoms with E-state index in [1.807, 2.05) is 24.3 Å². The van der Waals surface area contributed by atoms with Crippen LogP contribution in [0.25, 0.3) is 0 Å². The van der Waals surface area contributed by atoms with Crippen molar-refractivity contribution in [3.05, 3.63) is 179 Å². The second-order valence-corrected chi connectivity index (χ2v) is 12.1. The van der Waals surface area contributed by atoms with Crippen LogP contribution in [0.3, 0.4) is 0 Å². The zero-order valence-corrected chi connectivity index (χ0v) is 28.3. The molecule has 0 atom stereocenters. The third-order valence-corrected chi connectivity index (χ3v) is 8.99. The molecular weight excluding hydrogens is 715 g/mol. The zero-order valence-electron chi connectivity index (χ0n) is 28.3. The molecule has 0 aliphatic carbocycles. The Morgan fingerprint density at radius 3 is 0.655 bits per heavy atom. The molecule has 0 N–H and O–H groups in total. The molecule has 0 aromatic heterocycles. The molecule has 0 heterocycles. The van der Waals surface area contributed by atoms with E-state index in [-0.39, 0.29) is 11.4 Å². The van der Waals surface area contributed by atoms with E-state index in [1.54, 1.807) is 58.3 Å². The van der Waals surface area contributed by atoms with Crippen LogP contribution in [0.2, 0.25) is 0 Å². The average molecular weight is 739 g/mol. The Hall–Kier alpha value is -7.54. The molecule has 0 saturated heterocycles. The number of hydrogen-bond donors (Lipinski definition) is 0. The second kappa shape index (κ2) is 14.8. The van der Waals surface area contributed by atoms with Gasteiger partial charge in [-0.3, -0.25) is 0 Å². The predicted molar refractivity (Wildman–Crippen MR) is 194 cm³/mol. The van der Waals surface area contributed by atoms with Crippen LogP contribution in [0, 0.1) is 45.3 Å². The maximum absolute atomic E-state index is 15.3. The van der Waals surface area contributed by atoms with Crippen molar-refractivity contribution in [2.45, 2.75) is 17.8 Å². The van der Waals surface area contributed by atoms with E-state index in [9.17, 15) is 21.0 Å². The van der Waals surface area contributed by atoms with Gasteiger partial charge in [0.2, 0.25) is 5.41 Å². The molecule has 0 fully saturated rings. The summed E-state index contributed by atoms with van der Waals surface area (Å²) < 4.78 is 91.6. The van der Waals surface area contributed by atoms with Crippen LogP contribution >= 0.6 is 0 Å². The minimum Gasteiger partial charge on any atom is -0.311 e. The van der Waals surface area contributed by atoms with E-state index >= 15 is 26.3 Å². The molecule has 0 radical (unpaired) electrons. The third kappa shape index (κ3) is 7.01. The van der Waals surface area contributed by atoms with Crippen LogP contribution in [0.5, 0.6) is 0 Å². The predicted octanol–water partition coefficient (Wildman–Crippen LogP) is 11.5. The summed E-state index contributed by atoms with van der Waals surface area (Å²) in [5, 5.41) is 37.1. The first-order valence-electron chi connectivity index (χ1n) is 16.3. The highest BCUT2D eigenvalue weighted by molar-refractivity contribution is 5.79. The van der Waals surface area contributed by atoms with Crippen molar-refractivity contribution >= 4 is 34.1 Å². The Morgan fingerprint density at radius 1 is 0.309 bits per heavy atom. The molecule has 0 spiro atoms. The van der Waals surface area contributed by atoms with Crippen molar-refractivity contribution in [1.29, 1.82) is 21.0 Å². The number of nitrogens with zero attached hydrogens (tertiary/aromatic N) is 6. The fraction of sp³-hybridized carbons (Fsp3) is 0.0698. The van der Waals surface area contributed by atoms with Crippen LogP contribution in [0.1, 0.15) is 33.4 Å². The Kier molecular flexibility index (Phi) is 10.0. The summed E-state index contributed by atoms with van der Waals surface area (Å²) in [6.07, 6.45) is -11.7. The Labute approximate surface area is 311 Å². The fourth-order valence-electron chi connectivity index (χ4n) is 6.34. The molecule has 6 rings (SSSR count). The molecule has 0 aliphatic heterocycles.